The molecule has 0 aliphatic heterocycles. The molecular weight excluding hydrogens is 180 g/mol. The first-order valence-corrected chi connectivity index (χ1v) is 5.13. The lowest BCUT2D eigenvalue weighted by molar-refractivity contribution is -0.148. The second-order valence-electron chi connectivity index (χ2n) is 3.74. The first-order chi connectivity index (χ1) is 6.66. The first-order valence-electron chi connectivity index (χ1n) is 5.13. The number of carbonyl (C=O) groups excluding carboxylic acids is 2. The zero-order valence-corrected chi connectivity index (χ0v) is 8.88. The number of hydrogen-bond acceptors (Lipinski definition) is 3. The third-order valence-corrected chi connectivity index (χ3v) is 2.69. The molecule has 0 saturated heterocycles. The molecule has 14 heavy (non-hydrogen) atoms. The standard InChI is InChI=1S/C10H18N2O2/c1-8(13)12(7-6-11-2)10(14)9-4-3-5-9/h9,11H,3-7H2,1-2H3. The quantitative estimate of drug-likeness (QED) is 0.710. The average Bonchev–Trinajstić information content (AvgIpc) is 2.01. The van der Waals surface area contributed by atoms with E-state index in [0.717, 1.165) is 19.3 Å². The van der Waals surface area contributed by atoms with Crippen molar-refractivity contribution >= 4 is 11.8 Å². The zero-order valence-electron chi connectivity index (χ0n) is 8.88. The molecule has 4 heteroatoms. The molecule has 0 aromatic carbocycles. The molecule has 0 heterocycles. The maximum absolute atomic E-state index is 11.8. The van der Waals surface area contributed by atoms with E-state index < -0.39 is 0 Å². The molecule has 2 amide bonds. The van der Waals surface area contributed by atoms with Gasteiger partial charge in [-0.15, -0.1) is 0 Å². The van der Waals surface area contributed by atoms with Gasteiger partial charge in [0.15, 0.2) is 0 Å². The van der Waals surface area contributed by atoms with Crippen LogP contribution in [-0.4, -0.2) is 36.9 Å². The molecule has 1 saturated carbocycles. The predicted octanol–water partition coefficient (Wildman–Crippen LogP) is 0.381. The third-order valence-electron chi connectivity index (χ3n) is 2.69. The number of imide groups is 1. The van der Waals surface area contributed by atoms with E-state index in [-0.39, 0.29) is 17.7 Å². The molecule has 4 nitrogen and oxygen atoms in total. The van der Waals surface area contributed by atoms with Gasteiger partial charge in [0, 0.05) is 25.9 Å². The minimum Gasteiger partial charge on any atom is -0.318 e. The number of likely N-dealkylation sites (N-methyl/N-ethyl adjacent to an activating group) is 1. The zero-order chi connectivity index (χ0) is 10.6. The minimum atomic E-state index is -0.142. The molecule has 0 radical (unpaired) electrons. The van der Waals surface area contributed by atoms with Crippen LogP contribution in [0, 0.1) is 5.92 Å². The molecule has 1 rings (SSSR count). The van der Waals surface area contributed by atoms with Crippen molar-refractivity contribution < 1.29 is 9.59 Å². The van der Waals surface area contributed by atoms with Crippen LogP contribution < -0.4 is 5.32 Å². The van der Waals surface area contributed by atoms with Gasteiger partial charge in [-0.1, -0.05) is 6.42 Å². The summed E-state index contributed by atoms with van der Waals surface area (Å²) in [5, 5.41) is 2.94. The van der Waals surface area contributed by atoms with Crippen LogP contribution in [0.25, 0.3) is 0 Å². The number of nitrogens with one attached hydrogen (secondary N) is 1. The van der Waals surface area contributed by atoms with Crippen molar-refractivity contribution in [2.24, 2.45) is 5.92 Å². The summed E-state index contributed by atoms with van der Waals surface area (Å²) in [6.07, 6.45) is 3.01. The summed E-state index contributed by atoms with van der Waals surface area (Å²) in [5.74, 6) is -0.0214. The average molecular weight is 198 g/mol. The van der Waals surface area contributed by atoms with Crippen LogP contribution in [0.1, 0.15) is 26.2 Å². The highest BCUT2D eigenvalue weighted by molar-refractivity contribution is 5.95. The highest BCUT2D eigenvalue weighted by Gasteiger charge is 2.30. The summed E-state index contributed by atoms with van der Waals surface area (Å²) in [7, 11) is 1.81. The molecule has 0 aromatic rings. The molecule has 0 unspecified atom stereocenters. The summed E-state index contributed by atoms with van der Waals surface area (Å²) >= 11 is 0. The molecule has 0 bridgehead atoms. The lowest BCUT2D eigenvalue weighted by Crippen LogP contribution is -2.44. The van der Waals surface area contributed by atoms with Crippen molar-refractivity contribution in [3.8, 4) is 0 Å². The summed E-state index contributed by atoms with van der Waals surface area (Å²) in [6, 6.07) is 0. The fourth-order valence-electron chi connectivity index (χ4n) is 1.52. The molecule has 1 aliphatic rings. The summed E-state index contributed by atoms with van der Waals surface area (Å²) in [6.45, 7) is 2.60. The molecule has 0 spiro atoms. The number of nitrogens with zero attached hydrogens (tertiary/aromatic N) is 1. The highest BCUT2D eigenvalue weighted by atomic mass is 16.2. The van der Waals surface area contributed by atoms with Gasteiger partial charge >= 0.3 is 0 Å². The fourth-order valence-corrected chi connectivity index (χ4v) is 1.52. The van der Waals surface area contributed by atoms with E-state index in [9.17, 15) is 9.59 Å². The van der Waals surface area contributed by atoms with Crippen LogP contribution >= 0.6 is 0 Å². The maximum Gasteiger partial charge on any atom is 0.232 e. The second-order valence-corrected chi connectivity index (χ2v) is 3.74. The largest absolute Gasteiger partial charge is 0.318 e. The van der Waals surface area contributed by atoms with Gasteiger partial charge in [0.05, 0.1) is 0 Å². The molecule has 1 N–H and O–H groups in total. The van der Waals surface area contributed by atoms with E-state index in [4.69, 9.17) is 0 Å². The van der Waals surface area contributed by atoms with Crippen LogP contribution in [0.2, 0.25) is 0 Å². The Labute approximate surface area is 84.7 Å². The van der Waals surface area contributed by atoms with Crippen molar-refractivity contribution in [3.05, 3.63) is 0 Å². The van der Waals surface area contributed by atoms with Gasteiger partial charge in [0.1, 0.15) is 0 Å². The van der Waals surface area contributed by atoms with Crippen LogP contribution in [0.5, 0.6) is 0 Å². The molecule has 0 aromatic heterocycles. The normalized spacial score (nSPS) is 16.1. The van der Waals surface area contributed by atoms with Crippen molar-refractivity contribution in [2.75, 3.05) is 20.1 Å². The second kappa shape index (κ2) is 5.10. The lowest BCUT2D eigenvalue weighted by Gasteiger charge is -2.29. The highest BCUT2D eigenvalue weighted by Crippen LogP contribution is 2.28. The van der Waals surface area contributed by atoms with Crippen LogP contribution in [0.4, 0.5) is 0 Å². The van der Waals surface area contributed by atoms with Crippen molar-refractivity contribution in [2.45, 2.75) is 26.2 Å². The number of amides is 2. The predicted molar refractivity (Wildman–Crippen MR) is 53.7 cm³/mol. The van der Waals surface area contributed by atoms with Crippen LogP contribution in [-0.2, 0) is 9.59 Å². The Kier molecular flexibility index (Phi) is 4.07. The minimum absolute atomic E-state index is 0.0130. The van der Waals surface area contributed by atoms with E-state index in [1.54, 1.807) is 0 Å². The third kappa shape index (κ3) is 2.54. The van der Waals surface area contributed by atoms with Crippen molar-refractivity contribution in [1.29, 1.82) is 0 Å². The number of carbonyl (C=O) groups is 2. The Balaban J connectivity index is 2.47. The van der Waals surface area contributed by atoms with Gasteiger partial charge in [-0.3, -0.25) is 14.5 Å². The van der Waals surface area contributed by atoms with Crippen molar-refractivity contribution in [3.63, 3.8) is 0 Å². The fraction of sp³-hybridized carbons (Fsp3) is 0.800. The Morgan fingerprint density at radius 2 is 2.07 bits per heavy atom. The lowest BCUT2D eigenvalue weighted by atomic mass is 9.84. The van der Waals surface area contributed by atoms with Gasteiger partial charge in [0.25, 0.3) is 0 Å². The van der Waals surface area contributed by atoms with Gasteiger partial charge in [-0.2, -0.15) is 0 Å². The summed E-state index contributed by atoms with van der Waals surface area (Å²) < 4.78 is 0. The monoisotopic (exact) mass is 198 g/mol. The Morgan fingerprint density at radius 3 is 2.43 bits per heavy atom. The Hall–Kier alpha value is -0.900. The van der Waals surface area contributed by atoms with Gasteiger partial charge in [0.2, 0.25) is 11.8 Å². The topological polar surface area (TPSA) is 49.4 Å². The van der Waals surface area contributed by atoms with E-state index in [1.807, 2.05) is 7.05 Å². The van der Waals surface area contributed by atoms with E-state index >= 15 is 0 Å². The van der Waals surface area contributed by atoms with E-state index in [0.29, 0.717) is 13.1 Å². The maximum atomic E-state index is 11.8. The van der Waals surface area contributed by atoms with Crippen LogP contribution in [0.3, 0.4) is 0 Å². The van der Waals surface area contributed by atoms with Crippen molar-refractivity contribution in [1.82, 2.24) is 10.2 Å². The van der Waals surface area contributed by atoms with Gasteiger partial charge in [-0.25, -0.2) is 0 Å². The Morgan fingerprint density at radius 1 is 1.43 bits per heavy atom. The SMILES string of the molecule is CNCCN(C(C)=O)C(=O)C1CCC1. The summed E-state index contributed by atoms with van der Waals surface area (Å²) in [5.41, 5.74) is 0. The van der Waals surface area contributed by atoms with Gasteiger partial charge in [-0.05, 0) is 19.9 Å². The molecular formula is C10H18N2O2. The van der Waals surface area contributed by atoms with E-state index in [2.05, 4.69) is 5.32 Å². The summed E-state index contributed by atoms with van der Waals surface area (Å²) in [4.78, 5) is 24.3. The van der Waals surface area contributed by atoms with E-state index in [1.165, 1.54) is 11.8 Å². The molecule has 80 valence electrons. The first kappa shape index (κ1) is 11.2. The molecule has 0 atom stereocenters. The molecule has 1 aliphatic carbocycles. The van der Waals surface area contributed by atoms with Crippen LogP contribution in [0.15, 0.2) is 0 Å². The number of hydrogen-bond donors (Lipinski definition) is 1. The van der Waals surface area contributed by atoms with Gasteiger partial charge < -0.3 is 5.32 Å². The smallest absolute Gasteiger partial charge is 0.232 e. The number of rotatable bonds is 4. The molecule has 1 fully saturated rings. The Bertz CT molecular complexity index is 224.